The van der Waals surface area contributed by atoms with Crippen LogP contribution in [0.3, 0.4) is 0 Å². The Bertz CT molecular complexity index is 403. The Morgan fingerprint density at radius 2 is 1.88 bits per heavy atom. The molecule has 17 heavy (non-hydrogen) atoms. The number of carbonyl (C=O) groups is 2. The van der Waals surface area contributed by atoms with E-state index in [1.54, 1.807) is 6.92 Å². The fourth-order valence-electron chi connectivity index (χ4n) is 1.43. The molecule has 1 rings (SSSR count). The van der Waals surface area contributed by atoms with Crippen LogP contribution in [-0.4, -0.2) is 28.4 Å². The van der Waals surface area contributed by atoms with Gasteiger partial charge in [-0.15, -0.1) is 0 Å². The third-order valence-electron chi connectivity index (χ3n) is 2.27. The zero-order chi connectivity index (χ0) is 12.8. The van der Waals surface area contributed by atoms with Gasteiger partial charge in [-0.25, -0.2) is 4.39 Å². The monoisotopic (exact) mass is 239 g/mol. The van der Waals surface area contributed by atoms with Crippen molar-refractivity contribution in [2.75, 3.05) is 6.54 Å². The van der Waals surface area contributed by atoms with Crippen LogP contribution in [0.5, 0.6) is 0 Å². The summed E-state index contributed by atoms with van der Waals surface area (Å²) in [6.07, 6.45) is 0.245. The molecule has 1 aromatic rings. The Balaban J connectivity index is 2.75. The molecule has 0 heterocycles. The van der Waals surface area contributed by atoms with Crippen LogP contribution in [0.25, 0.3) is 0 Å². The number of carbonyl (C=O) groups excluding carboxylic acids is 1. The predicted molar refractivity (Wildman–Crippen MR) is 59.7 cm³/mol. The molecule has 0 saturated carbocycles. The molecular weight excluding hydrogens is 225 g/mol. The Labute approximate surface area is 98.7 Å². The van der Waals surface area contributed by atoms with Crippen molar-refractivity contribution in [1.82, 2.24) is 4.90 Å². The number of halogens is 1. The summed E-state index contributed by atoms with van der Waals surface area (Å²) in [5.41, 5.74) is 0.703. The smallest absolute Gasteiger partial charge is 0.323 e. The molecule has 0 aliphatic heterocycles. The number of carboxylic acids is 1. The van der Waals surface area contributed by atoms with Crippen LogP contribution in [0.15, 0.2) is 24.3 Å². The molecule has 0 aromatic heterocycles. The minimum Gasteiger partial charge on any atom is -0.480 e. The Kier molecular flexibility index (Phi) is 4.63. The van der Waals surface area contributed by atoms with Crippen LogP contribution in [0, 0.1) is 5.82 Å². The molecule has 4 nitrogen and oxygen atoms in total. The number of hydrogen-bond acceptors (Lipinski definition) is 2. The van der Waals surface area contributed by atoms with Crippen molar-refractivity contribution in [2.45, 2.75) is 19.9 Å². The summed E-state index contributed by atoms with van der Waals surface area (Å²) >= 11 is 0. The summed E-state index contributed by atoms with van der Waals surface area (Å²) in [5.74, 6) is -1.66. The molecule has 1 amide bonds. The van der Waals surface area contributed by atoms with Crippen molar-refractivity contribution >= 4 is 11.9 Å². The van der Waals surface area contributed by atoms with Gasteiger partial charge in [0, 0.05) is 13.0 Å². The van der Waals surface area contributed by atoms with E-state index in [0.717, 1.165) is 0 Å². The van der Waals surface area contributed by atoms with Crippen LogP contribution in [-0.2, 0) is 16.1 Å². The van der Waals surface area contributed by atoms with E-state index in [0.29, 0.717) is 5.56 Å². The highest BCUT2D eigenvalue weighted by atomic mass is 19.1. The highest BCUT2D eigenvalue weighted by Gasteiger charge is 2.15. The Morgan fingerprint density at radius 1 is 1.29 bits per heavy atom. The van der Waals surface area contributed by atoms with Crippen LogP contribution < -0.4 is 0 Å². The van der Waals surface area contributed by atoms with E-state index in [-0.39, 0.29) is 31.2 Å². The van der Waals surface area contributed by atoms with Gasteiger partial charge in [0.05, 0.1) is 0 Å². The van der Waals surface area contributed by atoms with E-state index in [1.165, 1.54) is 29.2 Å². The third-order valence-corrected chi connectivity index (χ3v) is 2.27. The molecule has 0 radical (unpaired) electrons. The topological polar surface area (TPSA) is 57.6 Å². The first-order chi connectivity index (χ1) is 8.02. The Hall–Kier alpha value is -1.91. The van der Waals surface area contributed by atoms with Gasteiger partial charge in [0.15, 0.2) is 0 Å². The van der Waals surface area contributed by atoms with Gasteiger partial charge in [-0.2, -0.15) is 0 Å². The first-order valence-electron chi connectivity index (χ1n) is 5.27. The number of amides is 1. The second-order valence-electron chi connectivity index (χ2n) is 3.62. The van der Waals surface area contributed by atoms with E-state index in [1.807, 2.05) is 0 Å². The lowest BCUT2D eigenvalue weighted by Crippen LogP contribution is -2.34. The summed E-state index contributed by atoms with van der Waals surface area (Å²) < 4.78 is 12.7. The average molecular weight is 239 g/mol. The lowest BCUT2D eigenvalue weighted by atomic mass is 10.2. The summed E-state index contributed by atoms with van der Waals surface area (Å²) in [6.45, 7) is 1.51. The molecule has 5 heteroatoms. The van der Waals surface area contributed by atoms with Crippen LogP contribution in [0.1, 0.15) is 18.9 Å². The van der Waals surface area contributed by atoms with E-state index in [9.17, 15) is 14.0 Å². The third kappa shape index (κ3) is 4.22. The predicted octanol–water partition coefficient (Wildman–Crippen LogP) is 1.65. The number of hydrogen-bond donors (Lipinski definition) is 1. The van der Waals surface area contributed by atoms with Crippen LogP contribution >= 0.6 is 0 Å². The lowest BCUT2D eigenvalue weighted by molar-refractivity contribution is -0.144. The fraction of sp³-hybridized carbons (Fsp3) is 0.333. The summed E-state index contributed by atoms with van der Waals surface area (Å²) in [4.78, 5) is 23.4. The Morgan fingerprint density at radius 3 is 2.35 bits per heavy atom. The zero-order valence-corrected chi connectivity index (χ0v) is 9.52. The molecule has 1 aromatic carbocycles. The summed E-state index contributed by atoms with van der Waals surface area (Å²) in [6, 6.07) is 5.63. The van der Waals surface area contributed by atoms with Crippen molar-refractivity contribution < 1.29 is 19.1 Å². The molecule has 0 bridgehead atoms. The van der Waals surface area contributed by atoms with Crippen molar-refractivity contribution in [3.63, 3.8) is 0 Å². The van der Waals surface area contributed by atoms with Gasteiger partial charge in [0.25, 0.3) is 0 Å². The van der Waals surface area contributed by atoms with Gasteiger partial charge in [0.2, 0.25) is 5.91 Å². The van der Waals surface area contributed by atoms with Crippen molar-refractivity contribution in [1.29, 1.82) is 0 Å². The number of nitrogens with zero attached hydrogens (tertiary/aromatic N) is 1. The standard InChI is InChI=1S/C12H14FNO3/c1-2-11(15)14(8-12(16)17)7-9-3-5-10(13)6-4-9/h3-6H,2,7-8H2,1H3,(H,16,17). The number of rotatable bonds is 5. The molecule has 0 spiro atoms. The van der Waals surface area contributed by atoms with Gasteiger partial charge in [-0.3, -0.25) is 9.59 Å². The summed E-state index contributed by atoms with van der Waals surface area (Å²) in [7, 11) is 0. The first-order valence-corrected chi connectivity index (χ1v) is 5.27. The van der Waals surface area contributed by atoms with Gasteiger partial charge >= 0.3 is 5.97 Å². The number of aliphatic carboxylic acids is 1. The molecule has 0 atom stereocenters. The van der Waals surface area contributed by atoms with E-state index >= 15 is 0 Å². The normalized spacial score (nSPS) is 10.0. The largest absolute Gasteiger partial charge is 0.480 e. The summed E-state index contributed by atoms with van der Waals surface area (Å²) in [5, 5.41) is 8.70. The lowest BCUT2D eigenvalue weighted by Gasteiger charge is -2.20. The highest BCUT2D eigenvalue weighted by Crippen LogP contribution is 2.07. The van der Waals surface area contributed by atoms with E-state index < -0.39 is 5.97 Å². The molecule has 0 unspecified atom stereocenters. The fourth-order valence-corrected chi connectivity index (χ4v) is 1.43. The van der Waals surface area contributed by atoms with E-state index in [4.69, 9.17) is 5.11 Å². The minimum absolute atomic E-state index is 0.180. The van der Waals surface area contributed by atoms with Crippen LogP contribution in [0.4, 0.5) is 4.39 Å². The SMILES string of the molecule is CCC(=O)N(CC(=O)O)Cc1ccc(F)cc1. The molecule has 0 saturated heterocycles. The molecule has 92 valence electrons. The quantitative estimate of drug-likeness (QED) is 0.850. The number of benzene rings is 1. The van der Waals surface area contributed by atoms with Gasteiger partial charge in [-0.05, 0) is 17.7 Å². The molecular formula is C12H14FNO3. The highest BCUT2D eigenvalue weighted by molar-refractivity contribution is 5.81. The number of carboxylic acid groups (broad SMARTS) is 1. The van der Waals surface area contributed by atoms with Gasteiger partial charge < -0.3 is 10.0 Å². The minimum atomic E-state index is -1.06. The molecule has 1 N–H and O–H groups in total. The van der Waals surface area contributed by atoms with Crippen molar-refractivity contribution in [2.24, 2.45) is 0 Å². The van der Waals surface area contributed by atoms with Crippen molar-refractivity contribution in [3.8, 4) is 0 Å². The maximum absolute atomic E-state index is 12.7. The average Bonchev–Trinajstić information content (AvgIpc) is 2.29. The van der Waals surface area contributed by atoms with Gasteiger partial charge in [0.1, 0.15) is 12.4 Å². The zero-order valence-electron chi connectivity index (χ0n) is 9.52. The second kappa shape index (κ2) is 5.98. The molecule has 0 aliphatic rings. The van der Waals surface area contributed by atoms with E-state index in [2.05, 4.69) is 0 Å². The van der Waals surface area contributed by atoms with Crippen LogP contribution in [0.2, 0.25) is 0 Å². The molecule has 0 aliphatic carbocycles. The molecule has 0 fully saturated rings. The van der Waals surface area contributed by atoms with Crippen molar-refractivity contribution in [3.05, 3.63) is 35.6 Å². The first kappa shape index (κ1) is 13.2. The second-order valence-corrected chi connectivity index (χ2v) is 3.62. The maximum atomic E-state index is 12.7. The van der Waals surface area contributed by atoms with Gasteiger partial charge in [-0.1, -0.05) is 19.1 Å². The maximum Gasteiger partial charge on any atom is 0.323 e.